The van der Waals surface area contributed by atoms with Gasteiger partial charge in [-0.15, -0.1) is 0 Å². The Bertz CT molecular complexity index is 996. The van der Waals surface area contributed by atoms with Crippen LogP contribution in [0.5, 0.6) is 0 Å². The van der Waals surface area contributed by atoms with Gasteiger partial charge in [-0.2, -0.15) is 0 Å². The topological polar surface area (TPSA) is 36.0 Å². The normalized spacial score (nSPS) is 25.3. The largest absolute Gasteiger partial charge is 0.445 e. The number of hydrogen-bond donors (Lipinski definition) is 0. The number of carbonyl (C=O) groups is 1. The van der Waals surface area contributed by atoms with Crippen LogP contribution in [0.2, 0.25) is 0 Å². The number of fused-ring (bicyclic) bond motifs is 5. The molecule has 34 heavy (non-hydrogen) atoms. The molecule has 2 aliphatic carbocycles. The zero-order valence-electron chi connectivity index (χ0n) is 20.2. The summed E-state index contributed by atoms with van der Waals surface area (Å²) in [6.45, 7) is 5.67. The molecule has 2 aliphatic heterocycles. The van der Waals surface area contributed by atoms with Crippen LogP contribution in [0.1, 0.15) is 73.6 Å². The third-order valence-electron chi connectivity index (χ3n) is 8.68. The standard InChI is InChI=1S/C29H37N3O2/c33-29(34-21-22-7-3-1-4-8-22)32-14-13-23-19-28(32)27-20-25(11-12-26(23)27)31-17-15-30(16-18-31)24-9-5-2-6-10-24/h1,3-4,7-8,11-12,20,23-24,28H,2,5-6,9-10,13-19,21H2/t23-,28?/m1/s1. The van der Waals surface area contributed by atoms with Crippen LogP contribution in [0.25, 0.3) is 0 Å². The van der Waals surface area contributed by atoms with Crippen LogP contribution in [0.15, 0.2) is 48.5 Å². The Morgan fingerprint density at radius 2 is 1.65 bits per heavy atom. The molecule has 5 nitrogen and oxygen atoms in total. The van der Waals surface area contributed by atoms with Crippen LogP contribution in [0.4, 0.5) is 10.5 Å². The number of benzene rings is 2. The van der Waals surface area contributed by atoms with E-state index in [0.717, 1.165) is 44.1 Å². The smallest absolute Gasteiger partial charge is 0.410 e. The minimum absolute atomic E-state index is 0.153. The number of amides is 1. The van der Waals surface area contributed by atoms with Crippen molar-refractivity contribution in [2.45, 2.75) is 69.6 Å². The second-order valence-corrected chi connectivity index (χ2v) is 10.6. The summed E-state index contributed by atoms with van der Waals surface area (Å²) in [5, 5.41) is 0. The van der Waals surface area contributed by atoms with Gasteiger partial charge in [0.15, 0.2) is 0 Å². The quantitative estimate of drug-likeness (QED) is 0.587. The lowest BCUT2D eigenvalue weighted by atomic mass is 9.93. The second-order valence-electron chi connectivity index (χ2n) is 10.6. The minimum atomic E-state index is -0.174. The fourth-order valence-electron chi connectivity index (χ4n) is 6.77. The van der Waals surface area contributed by atoms with Crippen LogP contribution in [0, 0.1) is 0 Å². The van der Waals surface area contributed by atoms with Gasteiger partial charge in [0.25, 0.3) is 0 Å². The van der Waals surface area contributed by atoms with E-state index in [9.17, 15) is 4.79 Å². The second kappa shape index (κ2) is 9.61. The zero-order chi connectivity index (χ0) is 22.9. The van der Waals surface area contributed by atoms with Crippen LogP contribution in [0.3, 0.4) is 0 Å². The van der Waals surface area contributed by atoms with Gasteiger partial charge in [-0.25, -0.2) is 4.79 Å². The maximum atomic E-state index is 13.0. The van der Waals surface area contributed by atoms with Gasteiger partial charge in [0.1, 0.15) is 6.61 Å². The zero-order valence-corrected chi connectivity index (χ0v) is 20.2. The average molecular weight is 460 g/mol. The Hall–Kier alpha value is -2.53. The molecule has 180 valence electrons. The minimum Gasteiger partial charge on any atom is -0.445 e. The first kappa shape index (κ1) is 22.0. The molecule has 3 fully saturated rings. The molecule has 0 spiro atoms. The lowest BCUT2D eigenvalue weighted by molar-refractivity contribution is 0.0694. The molecule has 2 saturated heterocycles. The Morgan fingerprint density at radius 1 is 0.853 bits per heavy atom. The molecule has 2 heterocycles. The number of anilines is 1. The van der Waals surface area contributed by atoms with Crippen molar-refractivity contribution in [3.05, 3.63) is 65.2 Å². The van der Waals surface area contributed by atoms with Crippen molar-refractivity contribution in [3.8, 4) is 0 Å². The van der Waals surface area contributed by atoms with Gasteiger partial charge in [-0.05, 0) is 60.4 Å². The molecule has 2 bridgehead atoms. The van der Waals surface area contributed by atoms with Gasteiger partial charge < -0.3 is 14.5 Å². The van der Waals surface area contributed by atoms with E-state index in [2.05, 4.69) is 28.0 Å². The van der Waals surface area contributed by atoms with Gasteiger partial charge in [-0.3, -0.25) is 4.90 Å². The fourth-order valence-corrected chi connectivity index (χ4v) is 6.77. The monoisotopic (exact) mass is 459 g/mol. The number of nitrogens with zero attached hydrogens (tertiary/aromatic N) is 3. The molecule has 1 amide bonds. The molecule has 4 aliphatic rings. The van der Waals surface area contributed by atoms with E-state index < -0.39 is 0 Å². The molecule has 5 heteroatoms. The number of piperidine rings is 1. The average Bonchev–Trinajstić information content (AvgIpc) is 3.19. The summed E-state index contributed by atoms with van der Waals surface area (Å²) in [6.07, 6.45) is 8.90. The number of piperazine rings is 1. The summed E-state index contributed by atoms with van der Waals surface area (Å²) in [6, 6.07) is 18.0. The summed E-state index contributed by atoms with van der Waals surface area (Å²) in [7, 11) is 0. The first-order valence-corrected chi connectivity index (χ1v) is 13.4. The molecule has 0 N–H and O–H groups in total. The summed E-state index contributed by atoms with van der Waals surface area (Å²) in [5.74, 6) is 0.579. The van der Waals surface area contributed by atoms with Crippen molar-refractivity contribution in [2.75, 3.05) is 37.6 Å². The van der Waals surface area contributed by atoms with Crippen molar-refractivity contribution >= 4 is 11.8 Å². The van der Waals surface area contributed by atoms with Crippen LogP contribution in [-0.2, 0) is 11.3 Å². The molecule has 0 radical (unpaired) electrons. The van der Waals surface area contributed by atoms with E-state index in [0.29, 0.717) is 12.5 Å². The molecule has 2 aromatic carbocycles. The molecular weight excluding hydrogens is 422 g/mol. The van der Waals surface area contributed by atoms with E-state index in [-0.39, 0.29) is 12.1 Å². The van der Waals surface area contributed by atoms with Crippen molar-refractivity contribution < 1.29 is 9.53 Å². The summed E-state index contributed by atoms with van der Waals surface area (Å²) in [4.78, 5) is 20.3. The first-order valence-electron chi connectivity index (χ1n) is 13.4. The highest BCUT2D eigenvalue weighted by atomic mass is 16.6. The van der Waals surface area contributed by atoms with Gasteiger partial charge in [0.05, 0.1) is 6.04 Å². The maximum Gasteiger partial charge on any atom is 0.410 e. The number of hydrogen-bond acceptors (Lipinski definition) is 4. The highest BCUT2D eigenvalue weighted by Gasteiger charge is 2.41. The molecular formula is C29H37N3O2. The van der Waals surface area contributed by atoms with E-state index in [4.69, 9.17) is 4.74 Å². The Labute approximate surface area is 203 Å². The molecule has 1 saturated carbocycles. The molecule has 0 aromatic heterocycles. The van der Waals surface area contributed by atoms with Crippen LogP contribution < -0.4 is 4.90 Å². The predicted octanol–water partition coefficient (Wildman–Crippen LogP) is 5.71. The number of carbonyl (C=O) groups excluding carboxylic acids is 1. The highest BCUT2D eigenvalue weighted by molar-refractivity contribution is 5.70. The Kier molecular flexibility index (Phi) is 6.21. The van der Waals surface area contributed by atoms with Crippen molar-refractivity contribution in [1.29, 1.82) is 0 Å². The van der Waals surface area contributed by atoms with Crippen LogP contribution >= 0.6 is 0 Å². The lowest BCUT2D eigenvalue weighted by Crippen LogP contribution is -2.50. The van der Waals surface area contributed by atoms with Crippen molar-refractivity contribution in [2.24, 2.45) is 0 Å². The number of rotatable bonds is 4. The summed E-state index contributed by atoms with van der Waals surface area (Å²) < 4.78 is 5.72. The van der Waals surface area contributed by atoms with E-state index >= 15 is 0 Å². The van der Waals surface area contributed by atoms with E-state index in [1.54, 1.807) is 0 Å². The highest BCUT2D eigenvalue weighted by Crippen LogP contribution is 2.50. The Balaban J connectivity index is 1.12. The van der Waals surface area contributed by atoms with Crippen molar-refractivity contribution in [1.82, 2.24) is 9.80 Å². The SMILES string of the molecule is O=C(OCc1ccccc1)N1CC[C@@H]2CC1c1cc(N3CCN(C4CCCCC4)CC3)ccc12. The molecule has 6 rings (SSSR count). The van der Waals surface area contributed by atoms with E-state index in [1.807, 2.05) is 35.2 Å². The maximum absolute atomic E-state index is 13.0. The van der Waals surface area contributed by atoms with Crippen LogP contribution in [-0.4, -0.2) is 54.7 Å². The summed E-state index contributed by atoms with van der Waals surface area (Å²) >= 11 is 0. The lowest BCUT2D eigenvalue weighted by Gasteiger charge is -2.41. The summed E-state index contributed by atoms with van der Waals surface area (Å²) in [5.41, 5.74) is 5.17. The van der Waals surface area contributed by atoms with Gasteiger partial charge in [-0.1, -0.05) is 55.7 Å². The molecule has 1 unspecified atom stereocenters. The van der Waals surface area contributed by atoms with E-state index in [1.165, 1.54) is 62.0 Å². The third kappa shape index (κ3) is 4.31. The first-order chi connectivity index (χ1) is 16.8. The molecule has 2 aromatic rings. The predicted molar refractivity (Wildman–Crippen MR) is 135 cm³/mol. The van der Waals surface area contributed by atoms with Crippen molar-refractivity contribution in [3.63, 3.8) is 0 Å². The van der Waals surface area contributed by atoms with Gasteiger partial charge >= 0.3 is 6.09 Å². The fraction of sp³-hybridized carbons (Fsp3) is 0.552. The molecule has 2 atom stereocenters. The third-order valence-corrected chi connectivity index (χ3v) is 8.68. The van der Waals surface area contributed by atoms with Gasteiger partial charge in [0.2, 0.25) is 0 Å². The Morgan fingerprint density at radius 3 is 2.44 bits per heavy atom. The number of likely N-dealkylation sites (tertiary alicyclic amines) is 1. The number of ether oxygens (including phenoxy) is 1. The van der Waals surface area contributed by atoms with Gasteiger partial charge in [0, 0.05) is 44.5 Å².